The SMILES string of the molecule is C=c1sc(CC(CC)CCCC)c(F)c1=C.CC.CC(C)(C)C.CCCCC(CC)C/C(C)=C/C=C(\C)c1cc(/C=C(/CC)SC)c(-c2ccc(CC(CC)CCC)s2)c2sc(C(C)(C)C)cc12. The summed E-state index contributed by atoms with van der Waals surface area (Å²) in [6.07, 6.45) is 27.7. The third-order valence-corrected chi connectivity index (χ3v) is 17.2. The molecular formula is C63H101FS4. The van der Waals surface area contributed by atoms with Crippen LogP contribution in [-0.4, -0.2) is 6.26 Å². The number of unbranched alkanes of at least 4 members (excludes halogenated alkanes) is 2. The number of fused-ring (bicyclic) bond motifs is 1. The first kappa shape index (κ1) is 63.8. The van der Waals surface area contributed by atoms with Gasteiger partial charge in [-0.1, -0.05) is 212 Å². The van der Waals surface area contributed by atoms with Gasteiger partial charge in [-0.15, -0.1) is 45.8 Å². The Balaban J connectivity index is 0.000000826. The van der Waals surface area contributed by atoms with Crippen LogP contribution in [0.2, 0.25) is 0 Å². The van der Waals surface area contributed by atoms with Gasteiger partial charge in [0.25, 0.3) is 0 Å². The van der Waals surface area contributed by atoms with Gasteiger partial charge < -0.3 is 0 Å². The number of allylic oxidation sites excluding steroid dienone is 5. The van der Waals surface area contributed by atoms with Crippen LogP contribution in [-0.2, 0) is 18.3 Å². The summed E-state index contributed by atoms with van der Waals surface area (Å²) in [5.74, 6) is 2.06. The lowest BCUT2D eigenvalue weighted by Gasteiger charge is -2.15. The van der Waals surface area contributed by atoms with Crippen LogP contribution in [0.15, 0.2) is 46.9 Å². The smallest absolute Gasteiger partial charge is 0.144 e. The van der Waals surface area contributed by atoms with Crippen molar-refractivity contribution in [3.63, 3.8) is 0 Å². The normalized spacial score (nSPS) is 13.9. The van der Waals surface area contributed by atoms with Crippen LogP contribution in [0, 0.1) is 29.0 Å². The fourth-order valence-electron chi connectivity index (χ4n) is 8.23. The van der Waals surface area contributed by atoms with Gasteiger partial charge in [-0.3, -0.25) is 0 Å². The topological polar surface area (TPSA) is 0 Å². The highest BCUT2D eigenvalue weighted by molar-refractivity contribution is 8.02. The van der Waals surface area contributed by atoms with E-state index < -0.39 is 0 Å². The minimum absolute atomic E-state index is 0.110. The van der Waals surface area contributed by atoms with Crippen molar-refractivity contribution < 1.29 is 4.39 Å². The molecule has 384 valence electrons. The summed E-state index contributed by atoms with van der Waals surface area (Å²) in [4.78, 5) is 6.71. The van der Waals surface area contributed by atoms with Gasteiger partial charge in [0.05, 0.1) is 0 Å². The van der Waals surface area contributed by atoms with E-state index in [1.807, 2.05) is 48.3 Å². The molecule has 0 nitrogen and oxygen atoms in total. The Bertz CT molecular complexity index is 2210. The Morgan fingerprint density at radius 1 is 0.735 bits per heavy atom. The Morgan fingerprint density at radius 3 is 1.79 bits per heavy atom. The lowest BCUT2D eigenvalue weighted by Crippen LogP contribution is -2.17. The average molecular weight is 1010 g/mol. The van der Waals surface area contributed by atoms with Gasteiger partial charge in [0.2, 0.25) is 0 Å². The molecule has 0 aliphatic heterocycles. The molecule has 1 aromatic carbocycles. The van der Waals surface area contributed by atoms with Gasteiger partial charge in [0.15, 0.2) is 0 Å². The second-order valence-electron chi connectivity index (χ2n) is 21.5. The molecule has 3 heterocycles. The van der Waals surface area contributed by atoms with Crippen LogP contribution < -0.4 is 9.75 Å². The van der Waals surface area contributed by atoms with E-state index in [9.17, 15) is 4.39 Å². The molecule has 0 spiro atoms. The van der Waals surface area contributed by atoms with Gasteiger partial charge in [0, 0.05) is 44.9 Å². The monoisotopic (exact) mass is 1000 g/mol. The Morgan fingerprint density at radius 2 is 1.31 bits per heavy atom. The molecule has 0 saturated heterocycles. The number of halogens is 1. The molecule has 0 fully saturated rings. The van der Waals surface area contributed by atoms with E-state index in [2.05, 4.69) is 173 Å². The summed E-state index contributed by atoms with van der Waals surface area (Å²) >= 11 is 7.41. The van der Waals surface area contributed by atoms with E-state index >= 15 is 0 Å². The van der Waals surface area contributed by atoms with Crippen molar-refractivity contribution in [2.24, 2.45) is 23.2 Å². The van der Waals surface area contributed by atoms with E-state index in [-0.39, 0.29) is 11.2 Å². The molecule has 3 unspecified atom stereocenters. The molecule has 4 aromatic rings. The maximum Gasteiger partial charge on any atom is 0.144 e. The maximum absolute atomic E-state index is 13.7. The quantitative estimate of drug-likeness (QED) is 0.0667. The van der Waals surface area contributed by atoms with Crippen molar-refractivity contribution in [2.75, 3.05) is 6.26 Å². The second kappa shape index (κ2) is 32.7. The summed E-state index contributed by atoms with van der Waals surface area (Å²) in [5, 5.41) is 1.91. The summed E-state index contributed by atoms with van der Waals surface area (Å²) in [6, 6.07) is 9.86. The average Bonchev–Trinajstić information content (AvgIpc) is 4.02. The lowest BCUT2D eigenvalue weighted by molar-refractivity contribution is 0.444. The number of thiophene rings is 3. The van der Waals surface area contributed by atoms with E-state index in [1.54, 1.807) is 0 Å². The van der Waals surface area contributed by atoms with Crippen molar-refractivity contribution >= 4 is 80.7 Å². The Kier molecular flexibility index (Phi) is 30.7. The van der Waals surface area contributed by atoms with Crippen molar-refractivity contribution in [1.29, 1.82) is 0 Å². The van der Waals surface area contributed by atoms with Crippen molar-refractivity contribution in [3.8, 4) is 10.4 Å². The van der Waals surface area contributed by atoms with Crippen molar-refractivity contribution in [1.82, 2.24) is 0 Å². The molecule has 4 rings (SSSR count). The Hall–Kier alpha value is -2.18. The molecule has 0 saturated carbocycles. The van der Waals surface area contributed by atoms with Crippen LogP contribution in [0.3, 0.4) is 0 Å². The molecule has 5 heteroatoms. The van der Waals surface area contributed by atoms with E-state index in [0.29, 0.717) is 16.6 Å². The Labute approximate surface area is 436 Å². The summed E-state index contributed by atoms with van der Waals surface area (Å²) in [7, 11) is 0. The first-order valence-electron chi connectivity index (χ1n) is 26.8. The predicted octanol–water partition coefficient (Wildman–Crippen LogP) is 21.9. The van der Waals surface area contributed by atoms with E-state index in [0.717, 1.165) is 40.5 Å². The van der Waals surface area contributed by atoms with E-state index in [4.69, 9.17) is 0 Å². The second-order valence-corrected chi connectivity index (χ2v) is 25.9. The minimum atomic E-state index is -0.120. The number of hydrogen-bond donors (Lipinski definition) is 0. The fourth-order valence-corrected chi connectivity index (χ4v) is 12.4. The zero-order valence-corrected chi connectivity index (χ0v) is 50.6. The number of benzene rings is 1. The summed E-state index contributed by atoms with van der Waals surface area (Å²) < 4.78 is 16.0. The molecule has 0 bridgehead atoms. The third kappa shape index (κ3) is 22.1. The molecule has 68 heavy (non-hydrogen) atoms. The summed E-state index contributed by atoms with van der Waals surface area (Å²) in [5.41, 5.74) is 7.67. The van der Waals surface area contributed by atoms with Crippen LogP contribution in [0.1, 0.15) is 234 Å². The molecular weight excluding hydrogens is 904 g/mol. The van der Waals surface area contributed by atoms with Gasteiger partial charge in [-0.2, -0.15) is 0 Å². The van der Waals surface area contributed by atoms with Crippen LogP contribution >= 0.6 is 45.8 Å². The first-order chi connectivity index (χ1) is 32.1. The molecule has 3 aromatic heterocycles. The highest BCUT2D eigenvalue weighted by Crippen LogP contribution is 2.47. The number of thioether (sulfide) groups is 1. The molecule has 0 N–H and O–H groups in total. The van der Waals surface area contributed by atoms with Crippen molar-refractivity contribution in [2.45, 2.75) is 226 Å². The maximum atomic E-state index is 13.7. The molecule has 0 amide bonds. The number of rotatable bonds is 23. The minimum Gasteiger partial charge on any atom is -0.205 e. The fraction of sp³-hybridized carbons (Fsp3) is 0.619. The zero-order chi connectivity index (χ0) is 51.8. The molecule has 0 radical (unpaired) electrons. The third-order valence-electron chi connectivity index (χ3n) is 12.5. The predicted molar refractivity (Wildman–Crippen MR) is 321 cm³/mol. The van der Waals surface area contributed by atoms with Gasteiger partial charge in [-0.25, -0.2) is 4.39 Å². The van der Waals surface area contributed by atoms with Crippen LogP contribution in [0.25, 0.3) is 45.3 Å². The van der Waals surface area contributed by atoms with Gasteiger partial charge in [0.1, 0.15) is 5.82 Å². The zero-order valence-electron chi connectivity index (χ0n) is 47.3. The summed E-state index contributed by atoms with van der Waals surface area (Å²) in [6.45, 7) is 48.0. The lowest BCUT2D eigenvalue weighted by atomic mass is 9.90. The first-order valence-corrected chi connectivity index (χ1v) is 30.5. The molecule has 0 aliphatic carbocycles. The van der Waals surface area contributed by atoms with Crippen LogP contribution in [0.5, 0.6) is 0 Å². The number of hydrogen-bond acceptors (Lipinski definition) is 4. The van der Waals surface area contributed by atoms with Crippen molar-refractivity contribution in [3.05, 3.63) is 88.2 Å². The largest absolute Gasteiger partial charge is 0.205 e. The highest BCUT2D eigenvalue weighted by atomic mass is 32.2. The highest BCUT2D eigenvalue weighted by Gasteiger charge is 2.24. The molecule has 0 aliphatic rings. The van der Waals surface area contributed by atoms with Gasteiger partial charge >= 0.3 is 0 Å². The standard InChI is InChI=1S/C42H62S3.C14H21FS.C5H12.C2H6/c1-12-17-19-32(15-4)24-29(6)20-21-30(7)36-27-33(26-34(16-5)43-11)40(41-37(36)28-39(45-41)42(8,9)10)38-23-22-35(44-38)25-31(14-3)18-13-2;1-5-7-8-12(6-2)9-13-14(15)10(3)11(4)16-13;1-5(2,3)4;1-2/h20-23,26-28,31-32H,12-19,24-25H2,1-11H3;12H,3-9H2,1-2H3;1-4H3;1-2H3/b29-20+,30-21+,34-26-;;;. The van der Waals surface area contributed by atoms with Crippen LogP contribution in [0.4, 0.5) is 4.39 Å². The molecule has 3 atom stereocenters. The van der Waals surface area contributed by atoms with E-state index in [1.165, 1.54) is 146 Å². The van der Waals surface area contributed by atoms with Gasteiger partial charge in [-0.05, 0) is 126 Å².